The van der Waals surface area contributed by atoms with Crippen LogP contribution in [0.25, 0.3) is 0 Å². The lowest BCUT2D eigenvalue weighted by atomic mass is 9.90. The van der Waals surface area contributed by atoms with Crippen molar-refractivity contribution in [2.75, 3.05) is 19.7 Å². The highest BCUT2D eigenvalue weighted by Gasteiger charge is 2.31. The zero-order chi connectivity index (χ0) is 13.8. The molecule has 0 spiro atoms. The van der Waals surface area contributed by atoms with Gasteiger partial charge in [-0.15, -0.1) is 0 Å². The molecule has 2 atom stereocenters. The molecule has 3 fully saturated rings. The van der Waals surface area contributed by atoms with Gasteiger partial charge in [0.2, 0.25) is 0 Å². The van der Waals surface area contributed by atoms with Crippen LogP contribution in [0.15, 0.2) is 0 Å². The van der Waals surface area contributed by atoms with Gasteiger partial charge in [-0.3, -0.25) is 4.90 Å². The number of likely N-dealkylation sites (tertiary alicyclic amines) is 1. The first-order valence-electron chi connectivity index (χ1n) is 8.86. The topological polar surface area (TPSA) is 32.7 Å². The maximum absolute atomic E-state index is 10.2. The van der Waals surface area contributed by atoms with Crippen LogP contribution in [0.2, 0.25) is 0 Å². The molecule has 3 heteroatoms. The zero-order valence-electron chi connectivity index (χ0n) is 12.8. The lowest BCUT2D eigenvalue weighted by Gasteiger charge is -2.41. The lowest BCUT2D eigenvalue weighted by Crippen LogP contribution is -2.49. The molecule has 3 rings (SSSR count). The lowest BCUT2D eigenvalue weighted by molar-refractivity contribution is -0.0415. The summed E-state index contributed by atoms with van der Waals surface area (Å²) >= 11 is 0. The van der Waals surface area contributed by atoms with Crippen LogP contribution in [-0.4, -0.2) is 48.0 Å². The number of rotatable bonds is 4. The highest BCUT2D eigenvalue weighted by atomic mass is 16.5. The predicted octanol–water partition coefficient (Wildman–Crippen LogP) is 2.96. The molecule has 0 amide bonds. The molecule has 116 valence electrons. The van der Waals surface area contributed by atoms with E-state index in [0.29, 0.717) is 12.1 Å². The summed E-state index contributed by atoms with van der Waals surface area (Å²) in [5.41, 5.74) is 0. The fourth-order valence-corrected chi connectivity index (χ4v) is 4.34. The number of hydrogen-bond donors (Lipinski definition) is 1. The van der Waals surface area contributed by atoms with Gasteiger partial charge in [0.1, 0.15) is 0 Å². The number of piperidine rings is 1. The van der Waals surface area contributed by atoms with Gasteiger partial charge in [0.05, 0.1) is 12.2 Å². The molecule has 1 N–H and O–H groups in total. The Bertz CT molecular complexity index is 283. The van der Waals surface area contributed by atoms with Crippen molar-refractivity contribution in [3.05, 3.63) is 0 Å². The molecule has 3 aliphatic rings. The Hall–Kier alpha value is -0.120. The number of aliphatic hydroxyl groups excluding tert-OH is 1. The van der Waals surface area contributed by atoms with Gasteiger partial charge in [-0.05, 0) is 44.4 Å². The van der Waals surface area contributed by atoms with Gasteiger partial charge >= 0.3 is 0 Å². The van der Waals surface area contributed by atoms with E-state index in [0.717, 1.165) is 44.9 Å². The Morgan fingerprint density at radius 3 is 2.20 bits per heavy atom. The van der Waals surface area contributed by atoms with Gasteiger partial charge in [-0.2, -0.15) is 0 Å². The molecule has 1 aliphatic heterocycles. The van der Waals surface area contributed by atoms with E-state index in [4.69, 9.17) is 4.74 Å². The van der Waals surface area contributed by atoms with Crippen molar-refractivity contribution in [1.29, 1.82) is 0 Å². The van der Waals surface area contributed by atoms with E-state index >= 15 is 0 Å². The average Bonchev–Trinajstić information content (AvgIpc) is 3.00. The fourth-order valence-electron chi connectivity index (χ4n) is 4.34. The minimum atomic E-state index is -0.0836. The highest BCUT2D eigenvalue weighted by molar-refractivity contribution is 4.86. The maximum Gasteiger partial charge on any atom is 0.0695 e. The number of aliphatic hydroxyl groups is 1. The third-order valence-corrected chi connectivity index (χ3v) is 5.68. The molecular weight excluding hydrogens is 250 g/mol. The Morgan fingerprint density at radius 1 is 0.850 bits per heavy atom. The van der Waals surface area contributed by atoms with Crippen LogP contribution in [0.1, 0.15) is 64.2 Å². The first kappa shape index (κ1) is 14.8. The van der Waals surface area contributed by atoms with Crippen molar-refractivity contribution in [2.45, 2.75) is 82.5 Å². The van der Waals surface area contributed by atoms with E-state index in [1.807, 2.05) is 0 Å². The van der Waals surface area contributed by atoms with Crippen molar-refractivity contribution in [3.8, 4) is 0 Å². The maximum atomic E-state index is 10.2. The third kappa shape index (κ3) is 3.75. The highest BCUT2D eigenvalue weighted by Crippen LogP contribution is 2.28. The van der Waals surface area contributed by atoms with Crippen molar-refractivity contribution in [3.63, 3.8) is 0 Å². The van der Waals surface area contributed by atoms with E-state index in [9.17, 15) is 5.11 Å². The molecule has 0 radical (unpaired) electrons. The number of ether oxygens (including phenoxy) is 1. The molecule has 2 aliphatic carbocycles. The fraction of sp³-hybridized carbons (Fsp3) is 1.00. The molecule has 20 heavy (non-hydrogen) atoms. The van der Waals surface area contributed by atoms with Crippen molar-refractivity contribution in [1.82, 2.24) is 4.90 Å². The van der Waals surface area contributed by atoms with Crippen LogP contribution in [0.3, 0.4) is 0 Å². The number of hydrogen-bond acceptors (Lipinski definition) is 3. The summed E-state index contributed by atoms with van der Waals surface area (Å²) in [5, 5.41) is 10.2. The largest absolute Gasteiger partial charge is 0.391 e. The predicted molar refractivity (Wildman–Crippen MR) is 80.8 cm³/mol. The normalized spacial score (nSPS) is 34.6. The second-order valence-electron chi connectivity index (χ2n) is 7.14. The second-order valence-corrected chi connectivity index (χ2v) is 7.14. The van der Waals surface area contributed by atoms with Gasteiger partial charge in [0.25, 0.3) is 0 Å². The van der Waals surface area contributed by atoms with Crippen LogP contribution >= 0.6 is 0 Å². The second kappa shape index (κ2) is 7.24. The molecule has 1 saturated heterocycles. The molecule has 1 heterocycles. The molecule has 0 aromatic heterocycles. The summed E-state index contributed by atoms with van der Waals surface area (Å²) in [6.07, 6.45) is 13.0. The van der Waals surface area contributed by atoms with Gasteiger partial charge in [-0.1, -0.05) is 25.7 Å². The van der Waals surface area contributed by atoms with Gasteiger partial charge in [0.15, 0.2) is 0 Å². The van der Waals surface area contributed by atoms with Crippen molar-refractivity contribution in [2.24, 2.45) is 5.92 Å². The van der Waals surface area contributed by atoms with Crippen LogP contribution in [-0.2, 0) is 4.74 Å². The summed E-state index contributed by atoms with van der Waals surface area (Å²) < 4.78 is 6.14. The van der Waals surface area contributed by atoms with Crippen LogP contribution < -0.4 is 0 Å². The SMILES string of the molecule is OC1CCCCC1N1CCC(OCC2CCCC2)CC1. The smallest absolute Gasteiger partial charge is 0.0695 e. The first-order valence-corrected chi connectivity index (χ1v) is 8.86. The Kier molecular flexibility index (Phi) is 5.36. The van der Waals surface area contributed by atoms with Crippen molar-refractivity contribution < 1.29 is 9.84 Å². The summed E-state index contributed by atoms with van der Waals surface area (Å²) in [7, 11) is 0. The Morgan fingerprint density at radius 2 is 1.50 bits per heavy atom. The molecular formula is C17H31NO2. The summed E-state index contributed by atoms with van der Waals surface area (Å²) in [6, 6.07) is 0.430. The summed E-state index contributed by atoms with van der Waals surface area (Å²) in [6.45, 7) is 3.24. The van der Waals surface area contributed by atoms with E-state index in [1.165, 1.54) is 44.9 Å². The van der Waals surface area contributed by atoms with Crippen molar-refractivity contribution >= 4 is 0 Å². The quantitative estimate of drug-likeness (QED) is 0.860. The Balaban J connectivity index is 1.37. The van der Waals surface area contributed by atoms with E-state index in [1.54, 1.807) is 0 Å². The average molecular weight is 281 g/mol. The van der Waals surface area contributed by atoms with E-state index in [-0.39, 0.29) is 6.10 Å². The number of nitrogens with zero attached hydrogens (tertiary/aromatic N) is 1. The van der Waals surface area contributed by atoms with E-state index in [2.05, 4.69) is 4.90 Å². The first-order chi connectivity index (χ1) is 9.83. The summed E-state index contributed by atoms with van der Waals surface area (Å²) in [5.74, 6) is 0.841. The van der Waals surface area contributed by atoms with E-state index < -0.39 is 0 Å². The van der Waals surface area contributed by atoms with Gasteiger partial charge in [-0.25, -0.2) is 0 Å². The van der Waals surface area contributed by atoms with Crippen LogP contribution in [0.4, 0.5) is 0 Å². The minimum absolute atomic E-state index is 0.0836. The third-order valence-electron chi connectivity index (χ3n) is 5.68. The molecule has 3 nitrogen and oxygen atoms in total. The molecule has 2 saturated carbocycles. The molecule has 2 unspecified atom stereocenters. The monoisotopic (exact) mass is 281 g/mol. The van der Waals surface area contributed by atoms with Crippen LogP contribution in [0, 0.1) is 5.92 Å². The Labute approximate surface area is 123 Å². The molecule has 0 aromatic rings. The zero-order valence-corrected chi connectivity index (χ0v) is 12.8. The van der Waals surface area contributed by atoms with Gasteiger partial charge in [0, 0.05) is 25.7 Å². The summed E-state index contributed by atoms with van der Waals surface area (Å²) in [4.78, 5) is 2.53. The standard InChI is InChI=1S/C17H31NO2/c19-17-8-4-3-7-16(17)18-11-9-15(10-12-18)20-13-14-5-1-2-6-14/h14-17,19H,1-13H2. The van der Waals surface area contributed by atoms with Gasteiger partial charge < -0.3 is 9.84 Å². The van der Waals surface area contributed by atoms with Crippen LogP contribution in [0.5, 0.6) is 0 Å². The molecule has 0 aromatic carbocycles. The minimum Gasteiger partial charge on any atom is -0.391 e. The molecule has 0 bridgehead atoms.